The quantitative estimate of drug-likeness (QED) is 0.658. The van der Waals surface area contributed by atoms with Gasteiger partial charge in [0.05, 0.1) is 5.52 Å². The molecule has 0 aliphatic carbocycles. The zero-order chi connectivity index (χ0) is 13.7. The Labute approximate surface area is 112 Å². The highest BCUT2D eigenvalue weighted by atomic mass is 16.4. The maximum Gasteiger partial charge on any atom is 0.417 e. The Kier molecular flexibility index (Phi) is 4.76. The number of benzene rings is 1. The van der Waals surface area contributed by atoms with Crippen molar-refractivity contribution in [1.82, 2.24) is 15.6 Å². The van der Waals surface area contributed by atoms with Gasteiger partial charge in [0.25, 0.3) is 0 Å². The summed E-state index contributed by atoms with van der Waals surface area (Å²) < 4.78 is 4.97. The second-order valence-electron chi connectivity index (χ2n) is 4.95. The third-order valence-electron chi connectivity index (χ3n) is 2.93. The van der Waals surface area contributed by atoms with Gasteiger partial charge in [0.2, 0.25) is 0 Å². The van der Waals surface area contributed by atoms with Crippen molar-refractivity contribution in [3.05, 3.63) is 34.3 Å². The number of rotatable bonds is 7. The normalized spacial score (nSPS) is 11.5. The van der Waals surface area contributed by atoms with E-state index in [9.17, 15) is 4.79 Å². The fourth-order valence-corrected chi connectivity index (χ4v) is 1.96. The molecule has 2 rings (SSSR count). The maximum absolute atomic E-state index is 11.0. The second kappa shape index (κ2) is 6.54. The molecule has 0 atom stereocenters. The first-order valence-corrected chi connectivity index (χ1v) is 6.71. The first-order chi connectivity index (χ1) is 9.15. The van der Waals surface area contributed by atoms with Crippen LogP contribution in [0, 0.1) is 0 Å². The van der Waals surface area contributed by atoms with E-state index < -0.39 is 5.76 Å². The van der Waals surface area contributed by atoms with E-state index in [0.717, 1.165) is 31.6 Å². The van der Waals surface area contributed by atoms with Gasteiger partial charge in [-0.1, -0.05) is 19.9 Å². The van der Waals surface area contributed by atoms with Crippen LogP contribution in [-0.4, -0.2) is 30.7 Å². The Bertz CT molecular complexity index is 571. The lowest BCUT2D eigenvalue weighted by Gasteiger charge is -2.08. The van der Waals surface area contributed by atoms with Crippen molar-refractivity contribution in [3.63, 3.8) is 0 Å². The summed E-state index contributed by atoms with van der Waals surface area (Å²) in [7, 11) is 0. The number of hydrogen-bond donors (Lipinski definition) is 3. The SMILES string of the molecule is CC(C)NCCNCCc1ccc2oc(=O)[nH]c2c1. The number of aromatic nitrogens is 1. The Morgan fingerprint density at radius 2 is 2.11 bits per heavy atom. The molecule has 1 heterocycles. The van der Waals surface area contributed by atoms with Crippen LogP contribution >= 0.6 is 0 Å². The van der Waals surface area contributed by atoms with Gasteiger partial charge in [-0.15, -0.1) is 0 Å². The van der Waals surface area contributed by atoms with Crippen LogP contribution in [0.25, 0.3) is 11.1 Å². The molecule has 0 amide bonds. The molecule has 0 radical (unpaired) electrons. The minimum absolute atomic E-state index is 0.398. The summed E-state index contributed by atoms with van der Waals surface area (Å²) in [6.07, 6.45) is 0.935. The molecule has 0 aliphatic rings. The van der Waals surface area contributed by atoms with Gasteiger partial charge in [-0.05, 0) is 30.7 Å². The lowest BCUT2D eigenvalue weighted by atomic mass is 10.1. The first-order valence-electron chi connectivity index (χ1n) is 6.71. The van der Waals surface area contributed by atoms with E-state index >= 15 is 0 Å². The van der Waals surface area contributed by atoms with Crippen molar-refractivity contribution in [2.75, 3.05) is 19.6 Å². The molecule has 0 saturated carbocycles. The summed E-state index contributed by atoms with van der Waals surface area (Å²) in [4.78, 5) is 13.7. The van der Waals surface area contributed by atoms with Crippen LogP contribution in [0.2, 0.25) is 0 Å². The highest BCUT2D eigenvalue weighted by Gasteiger charge is 2.01. The molecule has 0 unspecified atom stereocenters. The molecule has 2 aromatic rings. The molecule has 0 saturated heterocycles. The molecule has 1 aromatic heterocycles. The van der Waals surface area contributed by atoms with Crippen LogP contribution in [0.5, 0.6) is 0 Å². The average Bonchev–Trinajstić information content (AvgIpc) is 2.72. The van der Waals surface area contributed by atoms with Crippen molar-refractivity contribution >= 4 is 11.1 Å². The van der Waals surface area contributed by atoms with Gasteiger partial charge in [-0.3, -0.25) is 4.98 Å². The first kappa shape index (κ1) is 13.8. The number of oxazole rings is 1. The molecule has 5 nitrogen and oxygen atoms in total. The number of nitrogens with one attached hydrogen (secondary N) is 3. The van der Waals surface area contributed by atoms with Crippen LogP contribution in [0.3, 0.4) is 0 Å². The molecular formula is C14H21N3O2. The Morgan fingerprint density at radius 3 is 2.89 bits per heavy atom. The second-order valence-corrected chi connectivity index (χ2v) is 4.95. The molecule has 0 fully saturated rings. The van der Waals surface area contributed by atoms with Gasteiger partial charge < -0.3 is 15.1 Å². The third kappa shape index (κ3) is 4.22. The van der Waals surface area contributed by atoms with Crippen LogP contribution in [-0.2, 0) is 6.42 Å². The summed E-state index contributed by atoms with van der Waals surface area (Å²) in [5.74, 6) is -0.398. The van der Waals surface area contributed by atoms with E-state index in [0.29, 0.717) is 11.6 Å². The largest absolute Gasteiger partial charge is 0.417 e. The van der Waals surface area contributed by atoms with Crippen molar-refractivity contribution in [2.45, 2.75) is 26.3 Å². The number of fused-ring (bicyclic) bond motifs is 1. The number of H-pyrrole nitrogens is 1. The van der Waals surface area contributed by atoms with Crippen molar-refractivity contribution in [2.24, 2.45) is 0 Å². The number of aromatic amines is 1. The topological polar surface area (TPSA) is 70.1 Å². The lowest BCUT2D eigenvalue weighted by Crippen LogP contribution is -2.32. The molecule has 5 heteroatoms. The molecule has 3 N–H and O–H groups in total. The maximum atomic E-state index is 11.0. The predicted molar refractivity (Wildman–Crippen MR) is 76.5 cm³/mol. The molecular weight excluding hydrogens is 242 g/mol. The minimum Gasteiger partial charge on any atom is -0.408 e. The van der Waals surface area contributed by atoms with E-state index in [-0.39, 0.29) is 0 Å². The van der Waals surface area contributed by atoms with E-state index in [2.05, 4.69) is 29.5 Å². The highest BCUT2D eigenvalue weighted by molar-refractivity contribution is 5.72. The Hall–Kier alpha value is -1.59. The summed E-state index contributed by atoms with van der Waals surface area (Å²) in [6.45, 7) is 7.14. The summed E-state index contributed by atoms with van der Waals surface area (Å²) in [6, 6.07) is 6.33. The lowest BCUT2D eigenvalue weighted by molar-refractivity contribution is 0.555. The minimum atomic E-state index is -0.398. The van der Waals surface area contributed by atoms with Crippen molar-refractivity contribution in [3.8, 4) is 0 Å². The zero-order valence-electron chi connectivity index (χ0n) is 11.5. The molecule has 0 bridgehead atoms. The molecule has 104 valence electrons. The monoisotopic (exact) mass is 263 g/mol. The average molecular weight is 263 g/mol. The third-order valence-corrected chi connectivity index (χ3v) is 2.93. The summed E-state index contributed by atoms with van der Waals surface area (Å²) in [5, 5.41) is 6.74. The standard InChI is InChI=1S/C14H21N3O2/c1-10(2)16-8-7-15-6-5-11-3-4-13-12(9-11)17-14(18)19-13/h3-4,9-10,15-16H,5-8H2,1-2H3,(H,17,18). The fourth-order valence-electron chi connectivity index (χ4n) is 1.96. The predicted octanol–water partition coefficient (Wildman–Crippen LogP) is 1.25. The smallest absolute Gasteiger partial charge is 0.408 e. The van der Waals surface area contributed by atoms with E-state index in [1.165, 1.54) is 5.56 Å². The van der Waals surface area contributed by atoms with Crippen molar-refractivity contribution in [1.29, 1.82) is 0 Å². The number of hydrogen-bond acceptors (Lipinski definition) is 4. The van der Waals surface area contributed by atoms with E-state index in [1.54, 1.807) is 0 Å². The van der Waals surface area contributed by atoms with Crippen LogP contribution in [0.1, 0.15) is 19.4 Å². The molecule has 0 spiro atoms. The molecule has 0 aliphatic heterocycles. The van der Waals surface area contributed by atoms with Gasteiger partial charge >= 0.3 is 5.76 Å². The summed E-state index contributed by atoms with van der Waals surface area (Å²) in [5.41, 5.74) is 2.57. The Morgan fingerprint density at radius 1 is 1.26 bits per heavy atom. The van der Waals surface area contributed by atoms with Crippen LogP contribution in [0.4, 0.5) is 0 Å². The van der Waals surface area contributed by atoms with Gasteiger partial charge in [0, 0.05) is 19.1 Å². The summed E-state index contributed by atoms with van der Waals surface area (Å²) >= 11 is 0. The zero-order valence-corrected chi connectivity index (χ0v) is 11.5. The van der Waals surface area contributed by atoms with Gasteiger partial charge in [-0.2, -0.15) is 0 Å². The van der Waals surface area contributed by atoms with Gasteiger partial charge in [0.1, 0.15) is 0 Å². The highest BCUT2D eigenvalue weighted by Crippen LogP contribution is 2.12. The van der Waals surface area contributed by atoms with Crippen LogP contribution < -0.4 is 16.4 Å². The fraction of sp³-hybridized carbons (Fsp3) is 0.500. The van der Waals surface area contributed by atoms with Crippen molar-refractivity contribution < 1.29 is 4.42 Å². The van der Waals surface area contributed by atoms with E-state index in [1.807, 2.05) is 18.2 Å². The Balaban J connectivity index is 1.77. The molecule has 19 heavy (non-hydrogen) atoms. The molecule has 1 aromatic carbocycles. The van der Waals surface area contributed by atoms with E-state index in [4.69, 9.17) is 4.42 Å². The van der Waals surface area contributed by atoms with Gasteiger partial charge in [0.15, 0.2) is 5.58 Å². The van der Waals surface area contributed by atoms with Gasteiger partial charge in [-0.25, -0.2) is 4.79 Å². The van der Waals surface area contributed by atoms with Crippen LogP contribution in [0.15, 0.2) is 27.4 Å².